The Morgan fingerprint density at radius 3 is 2.70 bits per heavy atom. The third-order valence-electron chi connectivity index (χ3n) is 0.856. The zero-order chi connectivity index (χ0) is 7.11. The molecule has 1 radical (unpaired) electrons. The molecule has 0 unspecified atom stereocenters. The van der Waals surface area contributed by atoms with Gasteiger partial charge in [0.1, 0.15) is 0 Å². The van der Waals surface area contributed by atoms with Crippen LogP contribution in [-0.2, 0) is 4.79 Å². The van der Waals surface area contributed by atoms with E-state index >= 15 is 0 Å². The Kier molecular flexibility index (Phi) is 11.4. The first-order chi connectivity index (χ1) is 4.27. The number of hydrogen-bond acceptors (Lipinski definition) is 2. The number of rotatable bonds is 5. The average molecular weight is 152 g/mol. The van der Waals surface area contributed by atoms with E-state index in [1.54, 1.807) is 6.20 Å². The van der Waals surface area contributed by atoms with Crippen LogP contribution < -0.4 is 5.32 Å². The number of hydrogen-bond donors (Lipinski definition) is 2. The molecule has 0 aromatic rings. The smallest absolute Gasteiger partial charge is 0.303 e. The quantitative estimate of drug-likeness (QED) is 0.437. The minimum absolute atomic E-state index is 0. The molecule has 4 heteroatoms. The van der Waals surface area contributed by atoms with E-state index in [2.05, 4.69) is 11.9 Å². The van der Waals surface area contributed by atoms with Crippen LogP contribution in [-0.4, -0.2) is 47.2 Å². The molecule has 0 rings (SSSR count). The molecular weight excluding hydrogens is 141 g/mol. The van der Waals surface area contributed by atoms with E-state index < -0.39 is 5.97 Å². The summed E-state index contributed by atoms with van der Waals surface area (Å²) in [5, 5.41) is 11.0. The van der Waals surface area contributed by atoms with Crippen molar-refractivity contribution in [3.05, 3.63) is 12.8 Å². The van der Waals surface area contributed by atoms with Crippen molar-refractivity contribution >= 4 is 35.5 Å². The molecule has 0 saturated carbocycles. The molecule has 53 valence electrons. The second kappa shape index (κ2) is 9.01. The van der Waals surface area contributed by atoms with Crippen LogP contribution in [0.15, 0.2) is 12.8 Å². The Hall–Kier alpha value is 0.0100. The Bertz CT molecular complexity index is 106. The summed E-state index contributed by atoms with van der Waals surface area (Å²) in [5.74, 6) is -0.749. The molecule has 0 spiro atoms. The van der Waals surface area contributed by atoms with E-state index in [-0.39, 0.29) is 36.0 Å². The summed E-state index contributed by atoms with van der Waals surface area (Å²) in [7, 11) is 0. The third-order valence-corrected chi connectivity index (χ3v) is 0.856. The van der Waals surface area contributed by atoms with Gasteiger partial charge < -0.3 is 10.4 Å². The van der Waals surface area contributed by atoms with E-state index in [1.165, 1.54) is 0 Å². The van der Waals surface area contributed by atoms with Crippen molar-refractivity contribution in [3.63, 3.8) is 0 Å². The van der Waals surface area contributed by atoms with E-state index in [1.807, 2.05) is 0 Å². The zero-order valence-electron chi connectivity index (χ0n) is 6.26. The summed E-state index contributed by atoms with van der Waals surface area (Å²) in [6.45, 7) is 4.11. The van der Waals surface area contributed by atoms with Crippen LogP contribution in [0.25, 0.3) is 0 Å². The van der Waals surface area contributed by atoms with Crippen molar-refractivity contribution in [1.82, 2.24) is 5.32 Å². The molecule has 0 aliphatic rings. The van der Waals surface area contributed by atoms with Crippen molar-refractivity contribution in [3.8, 4) is 0 Å². The summed E-state index contributed by atoms with van der Waals surface area (Å²) in [6, 6.07) is 0. The van der Waals surface area contributed by atoms with Gasteiger partial charge in [0.2, 0.25) is 0 Å². The first kappa shape index (κ1) is 12.7. The minimum atomic E-state index is -0.749. The Morgan fingerprint density at radius 2 is 2.30 bits per heavy atom. The maximum atomic E-state index is 9.91. The van der Waals surface area contributed by atoms with Crippen LogP contribution in [0.3, 0.4) is 0 Å². The largest absolute Gasteiger partial charge is 0.481 e. The molecule has 0 saturated heterocycles. The Morgan fingerprint density at radius 1 is 1.70 bits per heavy atom. The number of carboxylic acid groups (broad SMARTS) is 1. The summed E-state index contributed by atoms with van der Waals surface area (Å²) >= 11 is 0. The van der Waals surface area contributed by atoms with Crippen molar-refractivity contribution in [1.29, 1.82) is 0 Å². The normalized spacial score (nSPS) is 7.60. The number of carboxylic acids is 1. The second-order valence-electron chi connectivity index (χ2n) is 1.66. The SMILES string of the molecule is C=CNCCCC(=O)O.[Na]. The van der Waals surface area contributed by atoms with E-state index in [4.69, 9.17) is 5.11 Å². The van der Waals surface area contributed by atoms with Crippen molar-refractivity contribution in [2.24, 2.45) is 0 Å². The predicted octanol–water partition coefficient (Wildman–Crippen LogP) is 0.203. The van der Waals surface area contributed by atoms with E-state index in [0.29, 0.717) is 13.0 Å². The fraction of sp³-hybridized carbons (Fsp3) is 0.500. The molecule has 3 nitrogen and oxygen atoms in total. The maximum Gasteiger partial charge on any atom is 0.303 e. The van der Waals surface area contributed by atoms with Gasteiger partial charge in [0.15, 0.2) is 0 Å². The number of carbonyl (C=O) groups is 1. The van der Waals surface area contributed by atoms with Crippen molar-refractivity contribution in [2.45, 2.75) is 12.8 Å². The summed E-state index contributed by atoms with van der Waals surface area (Å²) < 4.78 is 0. The van der Waals surface area contributed by atoms with Gasteiger partial charge in [-0.05, 0) is 12.6 Å². The van der Waals surface area contributed by atoms with Crippen LogP contribution >= 0.6 is 0 Å². The number of nitrogens with one attached hydrogen (secondary N) is 1. The minimum Gasteiger partial charge on any atom is -0.481 e. The molecule has 0 aromatic heterocycles. The summed E-state index contributed by atoms with van der Waals surface area (Å²) in [6.07, 6.45) is 2.43. The molecule has 0 bridgehead atoms. The van der Waals surface area contributed by atoms with Crippen LogP contribution in [0, 0.1) is 0 Å². The molecule has 0 fully saturated rings. The molecular formula is C6H11NNaO2. The van der Waals surface area contributed by atoms with Crippen molar-refractivity contribution in [2.75, 3.05) is 6.54 Å². The monoisotopic (exact) mass is 152 g/mol. The van der Waals surface area contributed by atoms with Crippen molar-refractivity contribution < 1.29 is 9.90 Å². The molecule has 0 heterocycles. The van der Waals surface area contributed by atoms with E-state index in [0.717, 1.165) is 0 Å². The van der Waals surface area contributed by atoms with Crippen LogP contribution in [0.1, 0.15) is 12.8 Å². The molecule has 2 N–H and O–H groups in total. The first-order valence-electron chi connectivity index (χ1n) is 2.83. The first-order valence-corrected chi connectivity index (χ1v) is 2.83. The number of aliphatic carboxylic acids is 1. The third kappa shape index (κ3) is 10.9. The predicted molar refractivity (Wildman–Crippen MR) is 40.8 cm³/mol. The standard InChI is InChI=1S/C6H11NO2.Na/c1-2-7-5-3-4-6(8)9;/h2,7H,1,3-5H2,(H,8,9);. The van der Waals surface area contributed by atoms with Gasteiger partial charge in [-0.3, -0.25) is 4.79 Å². The molecule has 0 aliphatic heterocycles. The Balaban J connectivity index is 0. The van der Waals surface area contributed by atoms with Gasteiger partial charge in [0.05, 0.1) is 0 Å². The Labute approximate surface area is 82.8 Å². The van der Waals surface area contributed by atoms with Gasteiger partial charge in [0, 0.05) is 42.5 Å². The maximum absolute atomic E-state index is 9.91. The molecule has 0 aromatic carbocycles. The van der Waals surface area contributed by atoms with Gasteiger partial charge in [0.25, 0.3) is 0 Å². The van der Waals surface area contributed by atoms with Gasteiger partial charge in [-0.15, -0.1) is 0 Å². The second-order valence-corrected chi connectivity index (χ2v) is 1.66. The van der Waals surface area contributed by atoms with Gasteiger partial charge in [-0.1, -0.05) is 6.58 Å². The van der Waals surface area contributed by atoms with Gasteiger partial charge in [-0.25, -0.2) is 0 Å². The molecule has 10 heavy (non-hydrogen) atoms. The molecule has 0 atom stereocenters. The fourth-order valence-electron chi connectivity index (χ4n) is 0.444. The van der Waals surface area contributed by atoms with Crippen LogP contribution in [0.4, 0.5) is 0 Å². The molecule has 0 amide bonds. The van der Waals surface area contributed by atoms with Gasteiger partial charge in [-0.2, -0.15) is 0 Å². The van der Waals surface area contributed by atoms with E-state index in [9.17, 15) is 4.79 Å². The fourth-order valence-corrected chi connectivity index (χ4v) is 0.444. The summed E-state index contributed by atoms with van der Waals surface area (Å²) in [5.41, 5.74) is 0. The topological polar surface area (TPSA) is 49.3 Å². The van der Waals surface area contributed by atoms with Gasteiger partial charge >= 0.3 is 5.97 Å². The van der Waals surface area contributed by atoms with Crippen LogP contribution in [0.2, 0.25) is 0 Å². The molecule has 0 aliphatic carbocycles. The van der Waals surface area contributed by atoms with Crippen LogP contribution in [0.5, 0.6) is 0 Å². The summed E-state index contributed by atoms with van der Waals surface area (Å²) in [4.78, 5) is 9.91. The zero-order valence-corrected chi connectivity index (χ0v) is 8.26. The average Bonchev–Trinajstić information content (AvgIpc) is 1.80.